The largest absolute Gasteiger partial charge is 0.481 e. The van der Waals surface area contributed by atoms with Gasteiger partial charge in [-0.05, 0) is 6.92 Å². The number of hydrogen-bond donors (Lipinski definition) is 5. The second kappa shape index (κ2) is 10.5. The summed E-state index contributed by atoms with van der Waals surface area (Å²) in [4.78, 5) is 28.9. The van der Waals surface area contributed by atoms with E-state index >= 15 is 0 Å². The number of aliphatic hydroxyl groups excluding tert-OH is 2. The number of rotatable bonds is 4. The van der Waals surface area contributed by atoms with Crippen LogP contribution in [-0.2, 0) is 33.9 Å². The smallest absolute Gasteiger partial charge is 0.333 e. The standard InChI is InChI=1S/C4H6O5.C3H6O3.Zn/c5-2(4(8)9)1-3(6)7;1-2(4)3(5)6;/h2,5H,1H2,(H,6,7)(H,8,9);2,4H,1H3,(H,5,6);. The van der Waals surface area contributed by atoms with Crippen LogP contribution in [0.4, 0.5) is 0 Å². The Hall–Kier alpha value is -1.05. The van der Waals surface area contributed by atoms with Gasteiger partial charge in [0.25, 0.3) is 0 Å². The first kappa shape index (κ1) is 20.4. The van der Waals surface area contributed by atoms with E-state index in [9.17, 15) is 14.4 Å². The van der Waals surface area contributed by atoms with E-state index in [1.165, 1.54) is 6.92 Å². The topological polar surface area (TPSA) is 152 Å². The molecule has 0 bridgehead atoms. The molecule has 0 aromatic heterocycles. The Labute approximate surface area is 103 Å². The van der Waals surface area contributed by atoms with Gasteiger partial charge in [0.05, 0.1) is 6.42 Å². The summed E-state index contributed by atoms with van der Waals surface area (Å²) in [5.74, 6) is -4.03. The van der Waals surface area contributed by atoms with Gasteiger partial charge in [0.15, 0.2) is 6.10 Å². The molecule has 0 radical (unpaired) electrons. The summed E-state index contributed by atoms with van der Waals surface area (Å²) in [6.07, 6.45) is -3.78. The van der Waals surface area contributed by atoms with Crippen LogP contribution in [0.25, 0.3) is 0 Å². The molecule has 0 heterocycles. The molecular formula is C7H12O8Zn. The molecule has 0 aromatic rings. The summed E-state index contributed by atoms with van der Waals surface area (Å²) in [5.41, 5.74) is 0. The van der Waals surface area contributed by atoms with Gasteiger partial charge in [-0.3, -0.25) is 4.79 Å². The zero-order valence-electron chi connectivity index (χ0n) is 8.53. The maximum absolute atomic E-state index is 9.72. The molecular weight excluding hydrogens is 277 g/mol. The van der Waals surface area contributed by atoms with Crippen molar-refractivity contribution >= 4 is 17.9 Å². The van der Waals surface area contributed by atoms with Crippen molar-refractivity contribution in [2.45, 2.75) is 25.6 Å². The van der Waals surface area contributed by atoms with E-state index < -0.39 is 36.5 Å². The molecule has 90 valence electrons. The first-order valence-corrected chi connectivity index (χ1v) is 3.72. The third kappa shape index (κ3) is 15.4. The van der Waals surface area contributed by atoms with Gasteiger partial charge in [-0.1, -0.05) is 0 Å². The monoisotopic (exact) mass is 288 g/mol. The molecule has 0 aromatic carbocycles. The quantitative estimate of drug-likeness (QED) is 0.386. The third-order valence-electron chi connectivity index (χ3n) is 1.01. The van der Waals surface area contributed by atoms with Gasteiger partial charge in [-0.25, -0.2) is 9.59 Å². The van der Waals surface area contributed by atoms with Crippen molar-refractivity contribution in [1.82, 2.24) is 0 Å². The molecule has 16 heavy (non-hydrogen) atoms. The Morgan fingerprint density at radius 3 is 1.38 bits per heavy atom. The molecule has 0 aliphatic rings. The molecule has 0 saturated heterocycles. The van der Waals surface area contributed by atoms with Gasteiger partial charge in [0, 0.05) is 19.5 Å². The van der Waals surface area contributed by atoms with Crippen molar-refractivity contribution in [2.75, 3.05) is 0 Å². The average molecular weight is 290 g/mol. The summed E-state index contributed by atoms with van der Waals surface area (Å²) in [5, 5.41) is 39.9. The maximum Gasteiger partial charge on any atom is 0.333 e. The number of aliphatic carboxylic acids is 3. The third-order valence-corrected chi connectivity index (χ3v) is 1.01. The van der Waals surface area contributed by atoms with Crippen LogP contribution in [-0.4, -0.2) is 55.6 Å². The van der Waals surface area contributed by atoms with Crippen molar-refractivity contribution in [1.29, 1.82) is 0 Å². The fourth-order valence-electron chi connectivity index (χ4n) is 0.253. The van der Waals surface area contributed by atoms with Crippen molar-refractivity contribution in [3.8, 4) is 0 Å². The number of hydrogen-bond acceptors (Lipinski definition) is 5. The summed E-state index contributed by atoms with van der Waals surface area (Å²) in [6.45, 7) is 1.20. The predicted molar refractivity (Wildman–Crippen MR) is 45.2 cm³/mol. The summed E-state index contributed by atoms with van der Waals surface area (Å²) in [6, 6.07) is 0. The minimum absolute atomic E-state index is 0. The van der Waals surface area contributed by atoms with Crippen molar-refractivity contribution in [3.05, 3.63) is 0 Å². The summed E-state index contributed by atoms with van der Waals surface area (Å²) < 4.78 is 0. The van der Waals surface area contributed by atoms with E-state index in [0.717, 1.165) is 0 Å². The minimum Gasteiger partial charge on any atom is -0.481 e. The second-order valence-electron chi connectivity index (χ2n) is 2.47. The SMILES string of the molecule is CC(O)C(=O)O.O=C(O)CC(O)C(=O)O.[Zn]. The molecule has 0 spiro atoms. The predicted octanol–water partition coefficient (Wildman–Crippen LogP) is -1.64. The first-order valence-electron chi connectivity index (χ1n) is 3.72. The van der Waals surface area contributed by atoms with Gasteiger partial charge in [-0.15, -0.1) is 0 Å². The Morgan fingerprint density at radius 2 is 1.31 bits per heavy atom. The Balaban J connectivity index is -0.000000214. The van der Waals surface area contributed by atoms with Crippen molar-refractivity contribution < 1.29 is 59.4 Å². The molecule has 2 atom stereocenters. The van der Waals surface area contributed by atoms with E-state index in [-0.39, 0.29) is 19.5 Å². The van der Waals surface area contributed by atoms with Crippen LogP contribution >= 0.6 is 0 Å². The van der Waals surface area contributed by atoms with Crippen LogP contribution < -0.4 is 0 Å². The van der Waals surface area contributed by atoms with Crippen LogP contribution in [0, 0.1) is 0 Å². The number of carboxylic acid groups (broad SMARTS) is 3. The van der Waals surface area contributed by atoms with Gasteiger partial charge in [-0.2, -0.15) is 0 Å². The van der Waals surface area contributed by atoms with E-state index in [1.54, 1.807) is 0 Å². The molecule has 0 aliphatic carbocycles. The second-order valence-corrected chi connectivity index (χ2v) is 2.47. The molecule has 2 unspecified atom stereocenters. The fraction of sp³-hybridized carbons (Fsp3) is 0.571. The first-order chi connectivity index (χ1) is 6.68. The minimum atomic E-state index is -1.79. The van der Waals surface area contributed by atoms with Gasteiger partial charge in [0.1, 0.15) is 6.10 Å². The molecule has 8 nitrogen and oxygen atoms in total. The van der Waals surface area contributed by atoms with E-state index in [4.69, 9.17) is 25.5 Å². The Morgan fingerprint density at radius 1 is 1.00 bits per heavy atom. The van der Waals surface area contributed by atoms with Crippen LogP contribution in [0.2, 0.25) is 0 Å². The molecule has 0 aliphatic heterocycles. The molecule has 0 fully saturated rings. The van der Waals surface area contributed by atoms with E-state index in [1.807, 2.05) is 0 Å². The van der Waals surface area contributed by atoms with Crippen LogP contribution in [0.5, 0.6) is 0 Å². The van der Waals surface area contributed by atoms with Crippen molar-refractivity contribution in [3.63, 3.8) is 0 Å². The Kier molecular flexibility index (Phi) is 13.3. The summed E-state index contributed by atoms with van der Waals surface area (Å²) >= 11 is 0. The summed E-state index contributed by atoms with van der Waals surface area (Å²) in [7, 11) is 0. The molecule has 0 rings (SSSR count). The number of carboxylic acids is 3. The maximum atomic E-state index is 9.72. The molecule has 0 amide bonds. The van der Waals surface area contributed by atoms with Crippen LogP contribution in [0.15, 0.2) is 0 Å². The van der Waals surface area contributed by atoms with Crippen LogP contribution in [0.1, 0.15) is 13.3 Å². The van der Waals surface area contributed by atoms with Gasteiger partial charge >= 0.3 is 17.9 Å². The molecule has 5 N–H and O–H groups in total. The van der Waals surface area contributed by atoms with Crippen molar-refractivity contribution in [2.24, 2.45) is 0 Å². The normalized spacial score (nSPS) is 12.2. The van der Waals surface area contributed by atoms with E-state index in [2.05, 4.69) is 0 Å². The average Bonchev–Trinajstić information content (AvgIpc) is 2.03. The zero-order valence-corrected chi connectivity index (χ0v) is 11.5. The van der Waals surface area contributed by atoms with Crippen LogP contribution in [0.3, 0.4) is 0 Å². The Bertz CT molecular complexity index is 239. The molecule has 0 saturated carbocycles. The zero-order chi connectivity index (χ0) is 12.6. The number of carbonyl (C=O) groups is 3. The van der Waals surface area contributed by atoms with E-state index in [0.29, 0.717) is 0 Å². The molecule has 9 heteroatoms. The number of aliphatic hydroxyl groups is 2. The fourth-order valence-corrected chi connectivity index (χ4v) is 0.253. The van der Waals surface area contributed by atoms with Gasteiger partial charge in [0.2, 0.25) is 0 Å². The van der Waals surface area contributed by atoms with Gasteiger partial charge < -0.3 is 25.5 Å².